The Morgan fingerprint density at radius 1 is 1.27 bits per heavy atom. The number of carbonyl (C=O) groups is 2. The third-order valence-electron chi connectivity index (χ3n) is 8.16. The minimum absolute atomic E-state index is 0.000870. The van der Waals surface area contributed by atoms with Crippen LogP contribution in [0.25, 0.3) is 0 Å². The van der Waals surface area contributed by atoms with Gasteiger partial charge in [-0.3, -0.25) is 4.79 Å². The first-order chi connectivity index (χ1) is 12.2. The Bertz CT molecular complexity index is 724. The molecule has 5 heteroatoms. The molecule has 2 heterocycles. The van der Waals surface area contributed by atoms with Crippen LogP contribution < -0.4 is 0 Å². The van der Waals surface area contributed by atoms with Crippen LogP contribution in [0, 0.1) is 28.6 Å². The predicted octanol–water partition coefficient (Wildman–Crippen LogP) is 3.02. The summed E-state index contributed by atoms with van der Waals surface area (Å²) in [6, 6.07) is 0. The summed E-state index contributed by atoms with van der Waals surface area (Å²) in [5, 5.41) is 0. The van der Waals surface area contributed by atoms with Crippen molar-refractivity contribution in [1.29, 1.82) is 0 Å². The first kappa shape index (κ1) is 16.9. The molecule has 2 saturated heterocycles. The number of ether oxygens (including phenoxy) is 3. The summed E-state index contributed by atoms with van der Waals surface area (Å²) in [5.41, 5.74) is 0.388. The highest BCUT2D eigenvalue weighted by molar-refractivity contribution is 5.86. The fraction of sp³-hybridized carbons (Fsp3) is 0.810. The van der Waals surface area contributed by atoms with Crippen molar-refractivity contribution in [3.8, 4) is 0 Å². The number of Topliss-reactive ketones (excluding diaryl/α,β-unsaturated/α-hetero) is 1. The second-order valence-electron chi connectivity index (χ2n) is 9.97. The number of carbonyl (C=O) groups excluding carboxylic acids is 2. The lowest BCUT2D eigenvalue weighted by molar-refractivity contribution is -0.254. The molecule has 0 N–H and O–H groups in total. The van der Waals surface area contributed by atoms with Crippen molar-refractivity contribution in [1.82, 2.24) is 0 Å². The summed E-state index contributed by atoms with van der Waals surface area (Å²) >= 11 is 0. The van der Waals surface area contributed by atoms with Gasteiger partial charge in [0.2, 0.25) is 0 Å². The smallest absolute Gasteiger partial charge is 0.330 e. The maximum atomic E-state index is 13.3. The van der Waals surface area contributed by atoms with Crippen LogP contribution in [0.3, 0.4) is 0 Å². The summed E-state index contributed by atoms with van der Waals surface area (Å²) in [6.45, 7) is 6.83. The SMILES string of the molecule is COC(=O)C=C1CC2C3OC1OC31CC(=O)C3C(C)(C)CCCC3(C)C21. The minimum Gasteiger partial charge on any atom is -0.466 e. The molecule has 5 nitrogen and oxygen atoms in total. The highest BCUT2D eigenvalue weighted by atomic mass is 16.7. The standard InChI is InChI=1S/C21H28O5/c1-19(2)6-5-7-20(3)15-12-8-11(9-14(23)24-4)18-25-17(12)21(15,26-18)10-13(22)16(19)20/h9,12,15-18H,5-8,10H2,1-4H3. The van der Waals surface area contributed by atoms with Gasteiger partial charge < -0.3 is 14.2 Å². The minimum atomic E-state index is -0.495. The monoisotopic (exact) mass is 360 g/mol. The average Bonchev–Trinajstić information content (AvgIpc) is 2.68. The first-order valence-corrected chi connectivity index (χ1v) is 9.87. The third kappa shape index (κ3) is 1.84. The second kappa shape index (κ2) is 4.99. The van der Waals surface area contributed by atoms with Gasteiger partial charge in [0.05, 0.1) is 13.2 Å². The summed E-state index contributed by atoms with van der Waals surface area (Å²) in [4.78, 5) is 25.0. The summed E-state index contributed by atoms with van der Waals surface area (Å²) < 4.78 is 17.4. The number of hydrogen-bond donors (Lipinski definition) is 0. The van der Waals surface area contributed by atoms with Gasteiger partial charge in [0.1, 0.15) is 11.4 Å². The van der Waals surface area contributed by atoms with E-state index in [0.29, 0.717) is 24.0 Å². The lowest BCUT2D eigenvalue weighted by Gasteiger charge is -2.69. The van der Waals surface area contributed by atoms with Gasteiger partial charge in [0.15, 0.2) is 6.29 Å². The van der Waals surface area contributed by atoms with Gasteiger partial charge in [0.25, 0.3) is 0 Å². The molecule has 0 aromatic rings. The molecule has 3 saturated carbocycles. The molecule has 0 aromatic heterocycles. The topological polar surface area (TPSA) is 61.8 Å². The molecule has 142 valence electrons. The largest absolute Gasteiger partial charge is 0.466 e. The number of ketones is 1. The second-order valence-corrected chi connectivity index (χ2v) is 9.97. The number of esters is 1. The van der Waals surface area contributed by atoms with Crippen molar-refractivity contribution in [2.24, 2.45) is 28.6 Å². The van der Waals surface area contributed by atoms with Crippen LogP contribution in [-0.2, 0) is 23.8 Å². The molecular weight excluding hydrogens is 332 g/mol. The molecule has 5 aliphatic rings. The number of fused-ring (bicyclic) bond motifs is 4. The van der Waals surface area contributed by atoms with Crippen LogP contribution >= 0.6 is 0 Å². The highest BCUT2D eigenvalue weighted by Gasteiger charge is 2.79. The van der Waals surface area contributed by atoms with E-state index in [1.54, 1.807) is 0 Å². The molecule has 0 radical (unpaired) electrons. The molecule has 7 atom stereocenters. The van der Waals surface area contributed by atoms with Crippen molar-refractivity contribution < 1.29 is 23.8 Å². The van der Waals surface area contributed by atoms with E-state index in [0.717, 1.165) is 31.3 Å². The maximum Gasteiger partial charge on any atom is 0.330 e. The van der Waals surface area contributed by atoms with E-state index in [9.17, 15) is 9.59 Å². The Labute approximate surface area is 154 Å². The quantitative estimate of drug-likeness (QED) is 0.409. The number of methoxy groups -OCH3 is 1. The fourth-order valence-electron chi connectivity index (χ4n) is 7.69. The lowest BCUT2D eigenvalue weighted by atomic mass is 9.36. The van der Waals surface area contributed by atoms with Crippen molar-refractivity contribution in [2.45, 2.75) is 70.9 Å². The predicted molar refractivity (Wildman–Crippen MR) is 93.0 cm³/mol. The Kier molecular flexibility index (Phi) is 3.25. The Balaban J connectivity index is 1.56. The zero-order valence-corrected chi connectivity index (χ0v) is 16.0. The molecule has 0 aromatic carbocycles. The van der Waals surface area contributed by atoms with E-state index in [2.05, 4.69) is 20.8 Å². The van der Waals surface area contributed by atoms with E-state index in [1.807, 2.05) is 0 Å². The molecule has 7 unspecified atom stereocenters. The van der Waals surface area contributed by atoms with Gasteiger partial charge in [-0.25, -0.2) is 4.79 Å². The summed E-state index contributed by atoms with van der Waals surface area (Å²) in [5.74, 6) is 0.738. The Morgan fingerprint density at radius 3 is 2.77 bits per heavy atom. The highest BCUT2D eigenvalue weighted by Crippen LogP contribution is 2.73. The molecule has 26 heavy (non-hydrogen) atoms. The average molecular weight is 360 g/mol. The van der Waals surface area contributed by atoms with Gasteiger partial charge in [-0.15, -0.1) is 0 Å². The third-order valence-corrected chi connectivity index (χ3v) is 8.16. The van der Waals surface area contributed by atoms with Crippen LogP contribution in [0.2, 0.25) is 0 Å². The van der Waals surface area contributed by atoms with Gasteiger partial charge >= 0.3 is 5.97 Å². The first-order valence-electron chi connectivity index (χ1n) is 9.87. The van der Waals surface area contributed by atoms with Crippen molar-refractivity contribution in [3.63, 3.8) is 0 Å². The Hall–Kier alpha value is -1.20. The van der Waals surface area contributed by atoms with E-state index in [-0.39, 0.29) is 28.8 Å². The normalized spacial score (nSPS) is 52.1. The van der Waals surface area contributed by atoms with Gasteiger partial charge in [-0.2, -0.15) is 0 Å². The number of rotatable bonds is 1. The molecule has 5 fully saturated rings. The van der Waals surface area contributed by atoms with Crippen LogP contribution in [0.5, 0.6) is 0 Å². The van der Waals surface area contributed by atoms with Crippen LogP contribution in [0.4, 0.5) is 0 Å². The van der Waals surface area contributed by atoms with E-state index in [4.69, 9.17) is 14.2 Å². The Morgan fingerprint density at radius 2 is 2.04 bits per heavy atom. The van der Waals surface area contributed by atoms with Crippen LogP contribution in [0.15, 0.2) is 11.6 Å². The number of hydrogen-bond acceptors (Lipinski definition) is 5. The van der Waals surface area contributed by atoms with Gasteiger partial charge in [-0.1, -0.05) is 27.2 Å². The molecule has 1 spiro atoms. The maximum absolute atomic E-state index is 13.3. The van der Waals surface area contributed by atoms with E-state index in [1.165, 1.54) is 13.2 Å². The fourth-order valence-corrected chi connectivity index (χ4v) is 7.69. The van der Waals surface area contributed by atoms with Crippen molar-refractivity contribution >= 4 is 11.8 Å². The molecule has 2 aliphatic heterocycles. The molecular formula is C21H28O5. The molecule has 5 rings (SSSR count). The van der Waals surface area contributed by atoms with Crippen molar-refractivity contribution in [3.05, 3.63) is 11.6 Å². The van der Waals surface area contributed by atoms with Crippen LogP contribution in [0.1, 0.15) is 52.9 Å². The lowest BCUT2D eigenvalue weighted by Crippen LogP contribution is -2.75. The van der Waals surface area contributed by atoms with Crippen LogP contribution in [-0.4, -0.2) is 36.9 Å². The van der Waals surface area contributed by atoms with Gasteiger partial charge in [0, 0.05) is 24.3 Å². The molecule has 3 aliphatic carbocycles. The van der Waals surface area contributed by atoms with Gasteiger partial charge in [-0.05, 0) is 41.6 Å². The summed E-state index contributed by atoms with van der Waals surface area (Å²) in [6.07, 6.45) is 5.65. The van der Waals surface area contributed by atoms with Crippen molar-refractivity contribution in [2.75, 3.05) is 7.11 Å². The zero-order valence-electron chi connectivity index (χ0n) is 16.0. The molecule has 2 bridgehead atoms. The van der Waals surface area contributed by atoms with E-state index >= 15 is 0 Å². The zero-order chi connectivity index (χ0) is 18.5. The molecule has 0 amide bonds. The summed E-state index contributed by atoms with van der Waals surface area (Å²) in [7, 11) is 1.38. The van der Waals surface area contributed by atoms with E-state index < -0.39 is 11.9 Å².